The third kappa shape index (κ3) is 4.20. The number of aromatic nitrogens is 4. The molecule has 1 aliphatic carbocycles. The number of H-pyrrole nitrogens is 1. The summed E-state index contributed by atoms with van der Waals surface area (Å²) in [6, 6.07) is 8.72. The first-order valence-corrected chi connectivity index (χ1v) is 14.0. The summed E-state index contributed by atoms with van der Waals surface area (Å²) in [6.07, 6.45) is 5.36. The Morgan fingerprint density at radius 2 is 1.89 bits per heavy atom. The number of imidazole rings is 1. The molecular formula is C26H30N6O4S. The van der Waals surface area contributed by atoms with Gasteiger partial charge in [0.1, 0.15) is 5.82 Å². The van der Waals surface area contributed by atoms with Gasteiger partial charge in [0.2, 0.25) is 15.9 Å². The van der Waals surface area contributed by atoms with Crippen LogP contribution in [0.25, 0.3) is 27.9 Å². The first kappa shape index (κ1) is 24.1. The van der Waals surface area contributed by atoms with E-state index in [0.29, 0.717) is 36.4 Å². The van der Waals surface area contributed by atoms with Gasteiger partial charge in [-0.2, -0.15) is 0 Å². The Kier molecular flexibility index (Phi) is 5.45. The van der Waals surface area contributed by atoms with Crippen molar-refractivity contribution in [2.45, 2.75) is 63.0 Å². The minimum atomic E-state index is -3.40. The lowest BCUT2D eigenvalue weighted by Gasteiger charge is -2.22. The number of rotatable bonds is 6. The van der Waals surface area contributed by atoms with E-state index in [1.807, 2.05) is 40.9 Å². The number of carbonyl (C=O) groups excluding carboxylic acids is 1. The van der Waals surface area contributed by atoms with Crippen molar-refractivity contribution in [1.82, 2.24) is 29.0 Å². The number of nitrogens with one attached hydrogen (secondary N) is 2. The fraction of sp³-hybridized carbons (Fsp3) is 0.423. The summed E-state index contributed by atoms with van der Waals surface area (Å²) >= 11 is 0. The van der Waals surface area contributed by atoms with Crippen molar-refractivity contribution in [2.75, 3.05) is 6.54 Å². The number of nitrogens with zero attached hydrogens (tertiary/aromatic N) is 4. The van der Waals surface area contributed by atoms with Crippen LogP contribution in [0.2, 0.25) is 0 Å². The molecule has 3 aromatic heterocycles. The van der Waals surface area contributed by atoms with Gasteiger partial charge in [0.05, 0.1) is 39.8 Å². The Bertz CT molecular complexity index is 1610. The highest BCUT2D eigenvalue weighted by Crippen LogP contribution is 2.38. The first-order valence-electron chi connectivity index (χ1n) is 12.5. The molecule has 0 radical (unpaired) electrons. The summed E-state index contributed by atoms with van der Waals surface area (Å²) in [7, 11) is -3.40. The van der Waals surface area contributed by atoms with Crippen LogP contribution in [-0.4, -0.2) is 61.5 Å². The average Bonchev–Trinajstić information content (AvgIpc) is 3.29. The number of aliphatic hydroxyl groups is 1. The van der Waals surface area contributed by atoms with Crippen LogP contribution in [0, 0.1) is 0 Å². The largest absolute Gasteiger partial charge is 0.386 e. The summed E-state index contributed by atoms with van der Waals surface area (Å²) in [5.41, 5.74) is 3.68. The SMILES string of the molecule is CC(=O)N1C[C@@H](NS(=O)(=O)C2CC2)C[C@@H]1c1nc(-c2ccc(C(C)(C)O)cc2)c2cnc3[nH]ccc3n12. The number of hydrogen-bond acceptors (Lipinski definition) is 6. The van der Waals surface area contributed by atoms with Crippen molar-refractivity contribution in [3.05, 3.63) is 54.1 Å². The molecule has 1 amide bonds. The monoisotopic (exact) mass is 522 g/mol. The molecule has 2 atom stereocenters. The van der Waals surface area contributed by atoms with Gasteiger partial charge in [-0.3, -0.25) is 9.20 Å². The minimum Gasteiger partial charge on any atom is -0.386 e. The summed E-state index contributed by atoms with van der Waals surface area (Å²) < 4.78 is 30.1. The zero-order chi connectivity index (χ0) is 26.1. The van der Waals surface area contributed by atoms with Gasteiger partial charge in [0.15, 0.2) is 5.65 Å². The zero-order valence-electron chi connectivity index (χ0n) is 21.0. The van der Waals surface area contributed by atoms with E-state index < -0.39 is 21.7 Å². The van der Waals surface area contributed by atoms with E-state index in [-0.39, 0.29) is 23.7 Å². The van der Waals surface area contributed by atoms with Crippen molar-refractivity contribution < 1.29 is 18.3 Å². The van der Waals surface area contributed by atoms with E-state index in [1.165, 1.54) is 6.92 Å². The molecule has 2 fully saturated rings. The number of likely N-dealkylation sites (tertiary alicyclic amines) is 1. The predicted molar refractivity (Wildman–Crippen MR) is 139 cm³/mol. The lowest BCUT2D eigenvalue weighted by molar-refractivity contribution is -0.129. The molecule has 10 nitrogen and oxygen atoms in total. The Hall–Kier alpha value is -3.28. The number of hydrogen-bond donors (Lipinski definition) is 3. The second-order valence-electron chi connectivity index (χ2n) is 10.6. The maximum atomic E-state index is 12.7. The number of sulfonamides is 1. The molecule has 0 bridgehead atoms. The molecule has 0 spiro atoms. The van der Waals surface area contributed by atoms with Crippen LogP contribution in [0.3, 0.4) is 0 Å². The summed E-state index contributed by atoms with van der Waals surface area (Å²) in [5.74, 6) is 0.525. The van der Waals surface area contributed by atoms with Gasteiger partial charge in [0, 0.05) is 31.3 Å². The first-order chi connectivity index (χ1) is 17.5. The Labute approximate surface area is 214 Å². The number of amides is 1. The second-order valence-corrected chi connectivity index (χ2v) is 12.6. The van der Waals surface area contributed by atoms with Gasteiger partial charge in [-0.15, -0.1) is 0 Å². The third-order valence-electron chi connectivity index (χ3n) is 7.36. The van der Waals surface area contributed by atoms with Crippen LogP contribution in [0.5, 0.6) is 0 Å². The molecule has 11 heteroatoms. The standard InChI is InChI=1S/C26H30N6O4S/c1-15(33)31-14-18(30-37(35,36)19-8-9-19)12-21(31)25-29-23(16-4-6-17(7-5-16)26(2,3)34)22-13-28-24-20(32(22)25)10-11-27-24/h4-7,10-11,13,18-19,21,27,30,34H,8-9,12,14H2,1-3H3/t18-,21+/m0/s1. The van der Waals surface area contributed by atoms with Crippen LogP contribution in [0.1, 0.15) is 57.5 Å². The summed E-state index contributed by atoms with van der Waals surface area (Å²) in [6.45, 7) is 5.27. The van der Waals surface area contributed by atoms with Gasteiger partial charge in [-0.1, -0.05) is 24.3 Å². The van der Waals surface area contributed by atoms with E-state index in [2.05, 4.69) is 14.7 Å². The number of benzene rings is 1. The molecule has 1 saturated heterocycles. The van der Waals surface area contributed by atoms with E-state index in [0.717, 1.165) is 22.2 Å². The normalized spacial score (nSPS) is 20.8. The van der Waals surface area contributed by atoms with Gasteiger partial charge < -0.3 is 15.0 Å². The molecule has 37 heavy (non-hydrogen) atoms. The molecular weight excluding hydrogens is 492 g/mol. The molecule has 1 aliphatic heterocycles. The summed E-state index contributed by atoms with van der Waals surface area (Å²) in [4.78, 5) is 27.2. The molecule has 1 saturated carbocycles. The van der Waals surface area contributed by atoms with Gasteiger partial charge >= 0.3 is 0 Å². The highest BCUT2D eigenvalue weighted by atomic mass is 32.2. The fourth-order valence-electron chi connectivity index (χ4n) is 5.28. The van der Waals surface area contributed by atoms with Gasteiger partial charge in [-0.25, -0.2) is 23.1 Å². The quantitative estimate of drug-likeness (QED) is 0.357. The number of fused-ring (bicyclic) bond motifs is 3. The van der Waals surface area contributed by atoms with Crippen molar-refractivity contribution >= 4 is 32.6 Å². The van der Waals surface area contributed by atoms with Crippen molar-refractivity contribution in [1.29, 1.82) is 0 Å². The minimum absolute atomic E-state index is 0.134. The van der Waals surface area contributed by atoms with Crippen LogP contribution in [-0.2, 0) is 20.4 Å². The predicted octanol–water partition coefficient (Wildman–Crippen LogP) is 2.85. The topological polar surface area (TPSA) is 133 Å². The van der Waals surface area contributed by atoms with Crippen molar-refractivity contribution in [2.24, 2.45) is 0 Å². The van der Waals surface area contributed by atoms with Crippen molar-refractivity contribution in [3.63, 3.8) is 0 Å². The highest BCUT2D eigenvalue weighted by Gasteiger charge is 2.43. The Morgan fingerprint density at radius 3 is 2.54 bits per heavy atom. The lowest BCUT2D eigenvalue weighted by atomic mass is 9.97. The molecule has 2 aliphatic rings. The lowest BCUT2D eigenvalue weighted by Crippen LogP contribution is -2.39. The fourth-order valence-corrected chi connectivity index (χ4v) is 6.86. The van der Waals surface area contributed by atoms with Crippen LogP contribution in [0.4, 0.5) is 0 Å². The second kappa shape index (κ2) is 8.37. The maximum Gasteiger partial charge on any atom is 0.220 e. The van der Waals surface area contributed by atoms with E-state index in [4.69, 9.17) is 4.98 Å². The molecule has 1 aromatic carbocycles. The molecule has 0 unspecified atom stereocenters. The highest BCUT2D eigenvalue weighted by molar-refractivity contribution is 7.90. The van der Waals surface area contributed by atoms with E-state index in [1.54, 1.807) is 24.9 Å². The van der Waals surface area contributed by atoms with Crippen molar-refractivity contribution in [3.8, 4) is 11.3 Å². The summed E-state index contributed by atoms with van der Waals surface area (Å²) in [5, 5.41) is 10.0. The molecule has 3 N–H and O–H groups in total. The number of aromatic amines is 1. The van der Waals surface area contributed by atoms with Crippen LogP contribution < -0.4 is 4.72 Å². The molecule has 194 valence electrons. The maximum absolute atomic E-state index is 12.7. The zero-order valence-corrected chi connectivity index (χ0v) is 21.8. The Morgan fingerprint density at radius 1 is 1.16 bits per heavy atom. The molecule has 6 rings (SSSR count). The van der Waals surface area contributed by atoms with Crippen LogP contribution in [0.15, 0.2) is 42.7 Å². The molecule has 4 aromatic rings. The van der Waals surface area contributed by atoms with Gasteiger partial charge in [-0.05, 0) is 44.7 Å². The van der Waals surface area contributed by atoms with E-state index in [9.17, 15) is 18.3 Å². The Balaban J connectivity index is 1.47. The average molecular weight is 523 g/mol. The molecule has 4 heterocycles. The third-order valence-corrected chi connectivity index (χ3v) is 9.37. The van der Waals surface area contributed by atoms with E-state index >= 15 is 0 Å². The number of carbonyl (C=O) groups is 1. The van der Waals surface area contributed by atoms with Gasteiger partial charge in [0.25, 0.3) is 0 Å². The smallest absolute Gasteiger partial charge is 0.220 e. The van der Waals surface area contributed by atoms with Crippen LogP contribution >= 0.6 is 0 Å².